The summed E-state index contributed by atoms with van der Waals surface area (Å²) in [6.45, 7) is 4.52. The van der Waals surface area contributed by atoms with Gasteiger partial charge in [-0.25, -0.2) is 0 Å². The molecule has 0 bridgehead atoms. The molecule has 0 spiro atoms. The van der Waals surface area contributed by atoms with Crippen molar-refractivity contribution in [2.75, 3.05) is 0 Å². The van der Waals surface area contributed by atoms with Crippen molar-refractivity contribution < 1.29 is 0 Å². The second kappa shape index (κ2) is 6.89. The van der Waals surface area contributed by atoms with Gasteiger partial charge in [-0.15, -0.1) is 0 Å². The Bertz CT molecular complexity index is 544. The number of aryl methyl sites for hydroxylation is 1. The summed E-state index contributed by atoms with van der Waals surface area (Å²) < 4.78 is 1.94. The van der Waals surface area contributed by atoms with Gasteiger partial charge in [0.25, 0.3) is 0 Å². The summed E-state index contributed by atoms with van der Waals surface area (Å²) in [6.07, 6.45) is 6.09. The molecular formula is C17H27N3. The molecule has 0 saturated carbocycles. The Balaban J connectivity index is 2.16. The Morgan fingerprint density at radius 1 is 1.25 bits per heavy atom. The van der Waals surface area contributed by atoms with Crippen LogP contribution in [0.2, 0.25) is 0 Å². The summed E-state index contributed by atoms with van der Waals surface area (Å²) in [7, 11) is 1.99. The molecule has 2 atom stereocenters. The monoisotopic (exact) mass is 273 g/mol. The molecule has 0 fully saturated rings. The van der Waals surface area contributed by atoms with Gasteiger partial charge in [0.1, 0.15) is 0 Å². The van der Waals surface area contributed by atoms with Crippen LogP contribution in [0.1, 0.15) is 57.7 Å². The van der Waals surface area contributed by atoms with Crippen LogP contribution in [0, 0.1) is 5.92 Å². The van der Waals surface area contributed by atoms with Crippen molar-refractivity contribution in [2.45, 2.75) is 52.0 Å². The number of unbranched alkanes of at least 4 members (excludes halogenated alkanes) is 1. The molecule has 0 saturated heterocycles. The largest absolute Gasteiger partial charge is 0.323 e. The van der Waals surface area contributed by atoms with Crippen molar-refractivity contribution in [3.05, 3.63) is 30.0 Å². The molecule has 0 aliphatic rings. The van der Waals surface area contributed by atoms with Crippen molar-refractivity contribution in [1.82, 2.24) is 9.78 Å². The minimum absolute atomic E-state index is 0.0444. The summed E-state index contributed by atoms with van der Waals surface area (Å²) >= 11 is 0. The molecule has 2 aromatic rings. The molecule has 1 aromatic carbocycles. The lowest BCUT2D eigenvalue weighted by atomic mass is 9.90. The fourth-order valence-corrected chi connectivity index (χ4v) is 2.97. The van der Waals surface area contributed by atoms with Gasteiger partial charge in [0.05, 0.1) is 11.2 Å². The third-order valence-corrected chi connectivity index (χ3v) is 4.27. The van der Waals surface area contributed by atoms with Crippen LogP contribution >= 0.6 is 0 Å². The van der Waals surface area contributed by atoms with E-state index >= 15 is 0 Å². The van der Waals surface area contributed by atoms with Crippen LogP contribution in [-0.4, -0.2) is 9.78 Å². The van der Waals surface area contributed by atoms with Gasteiger partial charge in [-0.3, -0.25) is 4.68 Å². The molecule has 2 unspecified atom stereocenters. The van der Waals surface area contributed by atoms with Gasteiger partial charge < -0.3 is 5.73 Å². The highest BCUT2D eigenvalue weighted by Crippen LogP contribution is 2.28. The van der Waals surface area contributed by atoms with Crippen molar-refractivity contribution in [2.24, 2.45) is 18.7 Å². The summed E-state index contributed by atoms with van der Waals surface area (Å²) in [6, 6.07) is 8.39. The lowest BCUT2D eigenvalue weighted by molar-refractivity contribution is 0.385. The van der Waals surface area contributed by atoms with Crippen molar-refractivity contribution >= 4 is 10.9 Å². The van der Waals surface area contributed by atoms with Crippen molar-refractivity contribution in [3.8, 4) is 0 Å². The first-order valence-electron chi connectivity index (χ1n) is 7.84. The number of benzene rings is 1. The standard InChI is InChI=1S/C17H27N3/c1-4-6-9-13(5-2)12-15(18)17-14-10-7-8-11-16(14)20(3)19-17/h7-8,10-11,13,15H,4-6,9,12,18H2,1-3H3. The topological polar surface area (TPSA) is 43.8 Å². The second-order valence-corrected chi connectivity index (χ2v) is 5.78. The average molecular weight is 273 g/mol. The van der Waals surface area contributed by atoms with Crippen LogP contribution < -0.4 is 5.73 Å². The van der Waals surface area contributed by atoms with E-state index in [2.05, 4.69) is 43.2 Å². The van der Waals surface area contributed by atoms with E-state index < -0.39 is 0 Å². The number of nitrogens with zero attached hydrogens (tertiary/aromatic N) is 2. The van der Waals surface area contributed by atoms with E-state index in [1.807, 2.05) is 11.7 Å². The summed E-state index contributed by atoms with van der Waals surface area (Å²) in [5, 5.41) is 5.85. The molecule has 1 aromatic heterocycles. The highest BCUT2D eigenvalue weighted by Gasteiger charge is 2.18. The van der Waals surface area contributed by atoms with Gasteiger partial charge in [0.15, 0.2) is 0 Å². The van der Waals surface area contributed by atoms with E-state index in [0.717, 1.165) is 12.1 Å². The summed E-state index contributed by atoms with van der Waals surface area (Å²) in [5.74, 6) is 0.714. The van der Waals surface area contributed by atoms with Crippen LogP contribution in [0.4, 0.5) is 0 Å². The van der Waals surface area contributed by atoms with Crippen LogP contribution in [0.15, 0.2) is 24.3 Å². The Hall–Kier alpha value is -1.35. The minimum atomic E-state index is 0.0444. The van der Waals surface area contributed by atoms with Gasteiger partial charge in [-0.2, -0.15) is 5.10 Å². The van der Waals surface area contributed by atoms with Crippen molar-refractivity contribution in [1.29, 1.82) is 0 Å². The van der Waals surface area contributed by atoms with Crippen LogP contribution in [0.3, 0.4) is 0 Å². The van der Waals surface area contributed by atoms with Gasteiger partial charge in [0.2, 0.25) is 0 Å². The third-order valence-electron chi connectivity index (χ3n) is 4.27. The fraction of sp³-hybridized carbons (Fsp3) is 0.588. The number of hydrogen-bond donors (Lipinski definition) is 1. The van der Waals surface area contributed by atoms with E-state index in [1.54, 1.807) is 0 Å². The van der Waals surface area contributed by atoms with E-state index in [1.165, 1.54) is 36.6 Å². The maximum atomic E-state index is 6.45. The highest BCUT2D eigenvalue weighted by molar-refractivity contribution is 5.82. The summed E-state index contributed by atoms with van der Waals surface area (Å²) in [4.78, 5) is 0. The molecule has 3 nitrogen and oxygen atoms in total. The number of rotatable bonds is 7. The van der Waals surface area contributed by atoms with Crippen LogP contribution in [0.5, 0.6) is 0 Å². The maximum absolute atomic E-state index is 6.45. The van der Waals surface area contributed by atoms with E-state index in [9.17, 15) is 0 Å². The first-order chi connectivity index (χ1) is 9.67. The third kappa shape index (κ3) is 3.21. The van der Waals surface area contributed by atoms with Crippen molar-refractivity contribution in [3.63, 3.8) is 0 Å². The molecule has 2 N–H and O–H groups in total. The maximum Gasteiger partial charge on any atom is 0.0870 e. The van der Waals surface area contributed by atoms with Crippen LogP contribution in [-0.2, 0) is 7.05 Å². The number of hydrogen-bond acceptors (Lipinski definition) is 2. The number of nitrogens with two attached hydrogens (primary N) is 1. The number of aromatic nitrogens is 2. The normalized spacial score (nSPS) is 14.6. The van der Waals surface area contributed by atoms with Gasteiger partial charge in [0, 0.05) is 18.5 Å². The Labute approximate surface area is 122 Å². The summed E-state index contributed by atoms with van der Waals surface area (Å²) in [5.41, 5.74) is 8.67. The van der Waals surface area contributed by atoms with Crippen LogP contribution in [0.25, 0.3) is 10.9 Å². The molecule has 20 heavy (non-hydrogen) atoms. The van der Waals surface area contributed by atoms with E-state index in [0.29, 0.717) is 5.92 Å². The zero-order valence-corrected chi connectivity index (χ0v) is 13.0. The first kappa shape index (κ1) is 15.0. The first-order valence-corrected chi connectivity index (χ1v) is 7.84. The zero-order chi connectivity index (χ0) is 14.5. The predicted molar refractivity (Wildman–Crippen MR) is 85.6 cm³/mol. The quantitative estimate of drug-likeness (QED) is 0.822. The molecule has 2 rings (SSSR count). The van der Waals surface area contributed by atoms with E-state index in [4.69, 9.17) is 5.73 Å². The second-order valence-electron chi connectivity index (χ2n) is 5.78. The molecule has 0 aliphatic heterocycles. The SMILES string of the molecule is CCCCC(CC)CC(N)c1nn(C)c2ccccc12. The minimum Gasteiger partial charge on any atom is -0.323 e. The molecule has 0 radical (unpaired) electrons. The molecule has 1 heterocycles. The van der Waals surface area contributed by atoms with Gasteiger partial charge in [-0.05, 0) is 18.4 Å². The molecule has 0 amide bonds. The highest BCUT2D eigenvalue weighted by atomic mass is 15.3. The number of para-hydroxylation sites is 1. The lowest BCUT2D eigenvalue weighted by Crippen LogP contribution is -2.16. The Morgan fingerprint density at radius 2 is 2.00 bits per heavy atom. The molecule has 3 heteroatoms. The fourth-order valence-electron chi connectivity index (χ4n) is 2.97. The molecular weight excluding hydrogens is 246 g/mol. The Morgan fingerprint density at radius 3 is 2.70 bits per heavy atom. The smallest absolute Gasteiger partial charge is 0.0870 e. The zero-order valence-electron chi connectivity index (χ0n) is 13.0. The predicted octanol–water partition coefficient (Wildman–Crippen LogP) is 4.18. The average Bonchev–Trinajstić information content (AvgIpc) is 2.81. The molecule has 0 aliphatic carbocycles. The molecule has 110 valence electrons. The number of fused-ring (bicyclic) bond motifs is 1. The van der Waals surface area contributed by atoms with Gasteiger partial charge >= 0.3 is 0 Å². The van der Waals surface area contributed by atoms with Gasteiger partial charge in [-0.1, -0.05) is 57.7 Å². The lowest BCUT2D eigenvalue weighted by Gasteiger charge is -2.18. The Kier molecular flexibility index (Phi) is 5.18. The van der Waals surface area contributed by atoms with E-state index in [-0.39, 0.29) is 6.04 Å².